The van der Waals surface area contributed by atoms with E-state index in [4.69, 9.17) is 5.11 Å². The minimum atomic E-state index is -0.873. The molecule has 0 saturated carbocycles. The lowest BCUT2D eigenvalue weighted by atomic mass is 10.3. The summed E-state index contributed by atoms with van der Waals surface area (Å²) in [5.74, 6) is 0.0851. The van der Waals surface area contributed by atoms with E-state index < -0.39 is 5.97 Å². The van der Waals surface area contributed by atoms with Crippen molar-refractivity contribution >= 4 is 23.8 Å². The van der Waals surface area contributed by atoms with Crippen LogP contribution in [0.1, 0.15) is 13.3 Å². The lowest BCUT2D eigenvalue weighted by Crippen LogP contribution is -2.47. The van der Waals surface area contributed by atoms with Gasteiger partial charge in [0.2, 0.25) is 0 Å². The summed E-state index contributed by atoms with van der Waals surface area (Å²) in [5.41, 5.74) is 0. The number of carbonyl (C=O) groups is 2. The van der Waals surface area contributed by atoms with Crippen molar-refractivity contribution in [3.05, 3.63) is 0 Å². The lowest BCUT2D eigenvalue weighted by Gasteiger charge is -2.33. The predicted molar refractivity (Wildman–Crippen MR) is 63.8 cm³/mol. The molecule has 1 saturated heterocycles. The molecule has 0 bridgehead atoms. The normalized spacial score (nSPS) is 20.6. The first-order valence-corrected chi connectivity index (χ1v) is 6.39. The van der Waals surface area contributed by atoms with Gasteiger partial charge >= 0.3 is 12.0 Å². The molecule has 1 aliphatic rings. The molecule has 1 N–H and O–H groups in total. The Morgan fingerprint density at radius 2 is 2.25 bits per heavy atom. The van der Waals surface area contributed by atoms with Gasteiger partial charge in [-0.1, -0.05) is 6.92 Å². The van der Waals surface area contributed by atoms with Crippen LogP contribution in [-0.2, 0) is 4.79 Å². The fourth-order valence-electron chi connectivity index (χ4n) is 1.59. The molecule has 0 aromatic rings. The van der Waals surface area contributed by atoms with E-state index in [0.717, 1.165) is 18.8 Å². The SMILES string of the molecule is CC1CN(C(=O)N(C)CCC(=O)O)CCS1. The number of amides is 2. The van der Waals surface area contributed by atoms with E-state index in [1.54, 1.807) is 11.9 Å². The van der Waals surface area contributed by atoms with Crippen LogP contribution in [0.15, 0.2) is 0 Å². The maximum absolute atomic E-state index is 11.9. The van der Waals surface area contributed by atoms with Crippen LogP contribution in [0, 0.1) is 0 Å². The summed E-state index contributed by atoms with van der Waals surface area (Å²) >= 11 is 1.86. The summed E-state index contributed by atoms with van der Waals surface area (Å²) in [6.45, 7) is 3.87. The molecule has 92 valence electrons. The Hall–Kier alpha value is -0.910. The predicted octanol–water partition coefficient (Wildman–Crippen LogP) is 0.950. The maximum atomic E-state index is 11.9. The molecule has 1 fully saturated rings. The maximum Gasteiger partial charge on any atom is 0.319 e. The topological polar surface area (TPSA) is 60.9 Å². The Morgan fingerprint density at radius 3 is 2.81 bits per heavy atom. The number of thioether (sulfide) groups is 1. The zero-order chi connectivity index (χ0) is 12.1. The highest BCUT2D eigenvalue weighted by molar-refractivity contribution is 7.99. The van der Waals surface area contributed by atoms with Gasteiger partial charge in [-0.05, 0) is 0 Å². The Morgan fingerprint density at radius 1 is 1.56 bits per heavy atom. The van der Waals surface area contributed by atoms with E-state index in [9.17, 15) is 9.59 Å². The van der Waals surface area contributed by atoms with Crippen LogP contribution >= 0.6 is 11.8 Å². The summed E-state index contributed by atoms with van der Waals surface area (Å²) in [5, 5.41) is 9.01. The van der Waals surface area contributed by atoms with Crippen LogP contribution in [0.25, 0.3) is 0 Å². The molecule has 0 aromatic carbocycles. The highest BCUT2D eigenvalue weighted by atomic mass is 32.2. The van der Waals surface area contributed by atoms with Crippen LogP contribution in [0.5, 0.6) is 0 Å². The minimum absolute atomic E-state index is 0.000381. The number of aliphatic carboxylic acids is 1. The summed E-state index contributed by atoms with van der Waals surface area (Å²) in [4.78, 5) is 25.6. The van der Waals surface area contributed by atoms with Gasteiger partial charge in [0.05, 0.1) is 6.42 Å². The van der Waals surface area contributed by atoms with E-state index in [1.807, 2.05) is 11.8 Å². The third-order valence-corrected chi connectivity index (χ3v) is 3.64. The number of carboxylic acid groups (broad SMARTS) is 1. The molecule has 1 heterocycles. The first-order chi connectivity index (χ1) is 7.50. The second-order valence-corrected chi connectivity index (χ2v) is 5.52. The molecule has 1 aliphatic heterocycles. The van der Waals surface area contributed by atoms with Crippen LogP contribution in [0.4, 0.5) is 4.79 Å². The molecule has 16 heavy (non-hydrogen) atoms. The van der Waals surface area contributed by atoms with Crippen LogP contribution < -0.4 is 0 Å². The van der Waals surface area contributed by atoms with Crippen LogP contribution in [0.3, 0.4) is 0 Å². The van der Waals surface area contributed by atoms with Gasteiger partial charge in [0, 0.05) is 37.7 Å². The second-order valence-electron chi connectivity index (χ2n) is 3.98. The average Bonchev–Trinajstić information content (AvgIpc) is 2.24. The monoisotopic (exact) mass is 246 g/mol. The summed E-state index contributed by atoms with van der Waals surface area (Å²) in [6, 6.07) is -0.0617. The number of nitrogens with zero attached hydrogens (tertiary/aromatic N) is 2. The number of urea groups is 1. The minimum Gasteiger partial charge on any atom is -0.481 e. The fourth-order valence-corrected chi connectivity index (χ4v) is 2.61. The molecule has 1 unspecified atom stereocenters. The van der Waals surface area contributed by atoms with Crippen molar-refractivity contribution in [1.82, 2.24) is 9.80 Å². The number of rotatable bonds is 3. The van der Waals surface area contributed by atoms with Gasteiger partial charge in [-0.25, -0.2) is 4.79 Å². The Bertz CT molecular complexity index is 273. The van der Waals surface area contributed by atoms with Crippen molar-refractivity contribution in [1.29, 1.82) is 0 Å². The molecule has 2 amide bonds. The number of carboxylic acids is 1. The number of hydrogen-bond acceptors (Lipinski definition) is 3. The van der Waals surface area contributed by atoms with Crippen LogP contribution in [0.2, 0.25) is 0 Å². The molecule has 1 rings (SSSR count). The van der Waals surface area contributed by atoms with Gasteiger partial charge in [-0.15, -0.1) is 0 Å². The Balaban J connectivity index is 2.40. The Kier molecular flexibility index (Phi) is 4.92. The molecule has 6 heteroatoms. The zero-order valence-corrected chi connectivity index (χ0v) is 10.5. The van der Waals surface area contributed by atoms with Crippen molar-refractivity contribution in [3.63, 3.8) is 0 Å². The van der Waals surface area contributed by atoms with Gasteiger partial charge < -0.3 is 14.9 Å². The van der Waals surface area contributed by atoms with E-state index >= 15 is 0 Å². The third-order valence-electron chi connectivity index (χ3n) is 2.50. The molecule has 0 aliphatic carbocycles. The second kappa shape index (κ2) is 5.98. The number of hydrogen-bond donors (Lipinski definition) is 1. The largest absolute Gasteiger partial charge is 0.481 e. The van der Waals surface area contributed by atoms with Gasteiger partial charge in [-0.3, -0.25) is 4.79 Å². The van der Waals surface area contributed by atoms with Crippen molar-refractivity contribution in [2.24, 2.45) is 0 Å². The van der Waals surface area contributed by atoms with Gasteiger partial charge in [-0.2, -0.15) is 11.8 Å². The molecule has 0 radical (unpaired) electrons. The quantitative estimate of drug-likeness (QED) is 0.805. The number of carbonyl (C=O) groups excluding carboxylic acids is 1. The van der Waals surface area contributed by atoms with E-state index in [0.29, 0.717) is 5.25 Å². The van der Waals surface area contributed by atoms with E-state index in [-0.39, 0.29) is 19.0 Å². The molecule has 1 atom stereocenters. The van der Waals surface area contributed by atoms with Gasteiger partial charge in [0.25, 0.3) is 0 Å². The van der Waals surface area contributed by atoms with Gasteiger partial charge in [0.1, 0.15) is 0 Å². The third kappa shape index (κ3) is 3.92. The molecular weight excluding hydrogens is 228 g/mol. The molecule has 0 spiro atoms. The first kappa shape index (κ1) is 13.2. The smallest absolute Gasteiger partial charge is 0.319 e. The fraction of sp³-hybridized carbons (Fsp3) is 0.800. The standard InChI is InChI=1S/C10H18N2O3S/c1-8-7-12(5-6-16-8)10(15)11(2)4-3-9(13)14/h8H,3-7H2,1-2H3,(H,13,14). The lowest BCUT2D eigenvalue weighted by molar-refractivity contribution is -0.137. The first-order valence-electron chi connectivity index (χ1n) is 5.34. The summed E-state index contributed by atoms with van der Waals surface area (Å²) < 4.78 is 0. The molecular formula is C10H18N2O3S. The zero-order valence-electron chi connectivity index (χ0n) is 9.68. The highest BCUT2D eigenvalue weighted by Gasteiger charge is 2.23. The highest BCUT2D eigenvalue weighted by Crippen LogP contribution is 2.18. The average molecular weight is 246 g/mol. The van der Waals surface area contributed by atoms with Crippen LogP contribution in [-0.4, -0.2) is 64.6 Å². The Labute approximate surface area is 99.8 Å². The summed E-state index contributed by atoms with van der Waals surface area (Å²) in [6.07, 6.45) is 0.000381. The van der Waals surface area contributed by atoms with Crippen molar-refractivity contribution in [3.8, 4) is 0 Å². The van der Waals surface area contributed by atoms with E-state index in [2.05, 4.69) is 6.92 Å². The van der Waals surface area contributed by atoms with Crippen molar-refractivity contribution < 1.29 is 14.7 Å². The van der Waals surface area contributed by atoms with Gasteiger partial charge in [0.15, 0.2) is 0 Å². The van der Waals surface area contributed by atoms with Crippen molar-refractivity contribution in [2.75, 3.05) is 32.4 Å². The van der Waals surface area contributed by atoms with E-state index in [1.165, 1.54) is 4.90 Å². The van der Waals surface area contributed by atoms with Crippen molar-refractivity contribution in [2.45, 2.75) is 18.6 Å². The molecule has 0 aromatic heterocycles. The molecule has 5 nitrogen and oxygen atoms in total. The summed E-state index contributed by atoms with van der Waals surface area (Å²) in [7, 11) is 1.65.